The fraction of sp³-hybridized carbons (Fsp3) is 0.400. The molecule has 3 heterocycles. The smallest absolute Gasteiger partial charge is 0.226 e. The Kier molecular flexibility index (Phi) is 6.02. The Balaban J connectivity index is 1.30. The van der Waals surface area contributed by atoms with Crippen LogP contribution in [-0.2, 0) is 30.6 Å². The molecule has 1 aromatic carbocycles. The lowest BCUT2D eigenvalue weighted by molar-refractivity contribution is -0.120. The van der Waals surface area contributed by atoms with Crippen LogP contribution in [0, 0.1) is 0 Å². The molecule has 0 radical (unpaired) electrons. The number of carbonyl (C=O) groups excluding carboxylic acids is 1. The second-order valence-electron chi connectivity index (χ2n) is 6.90. The van der Waals surface area contributed by atoms with Crippen molar-refractivity contribution in [3.8, 4) is 10.6 Å². The number of hydrogen-bond donors (Lipinski definition) is 1. The lowest BCUT2D eigenvalue weighted by Gasteiger charge is -2.07. The van der Waals surface area contributed by atoms with Crippen molar-refractivity contribution in [3.63, 3.8) is 0 Å². The Bertz CT molecular complexity index is 967. The first-order valence-corrected chi connectivity index (χ1v) is 10.8. The zero-order valence-electron chi connectivity index (χ0n) is 15.5. The van der Waals surface area contributed by atoms with Gasteiger partial charge in [0.1, 0.15) is 16.7 Å². The number of nitrogens with one attached hydrogen (secondary N) is 1. The molecular weight excluding hydrogens is 394 g/mol. The van der Waals surface area contributed by atoms with Crippen LogP contribution >= 0.6 is 22.9 Å². The Morgan fingerprint density at radius 2 is 2.11 bits per heavy atom. The van der Waals surface area contributed by atoms with Gasteiger partial charge in [0.2, 0.25) is 5.91 Å². The summed E-state index contributed by atoms with van der Waals surface area (Å²) in [6.07, 6.45) is 5.54. The highest BCUT2D eigenvalue weighted by Gasteiger charge is 2.15. The van der Waals surface area contributed by atoms with E-state index >= 15 is 0 Å². The van der Waals surface area contributed by atoms with Crippen LogP contribution in [0.5, 0.6) is 0 Å². The van der Waals surface area contributed by atoms with Gasteiger partial charge in [0.05, 0.1) is 17.1 Å². The topological polar surface area (TPSA) is 72.7 Å². The van der Waals surface area contributed by atoms with E-state index in [-0.39, 0.29) is 12.3 Å². The summed E-state index contributed by atoms with van der Waals surface area (Å²) in [7, 11) is 0. The number of rotatable bonds is 6. The van der Waals surface area contributed by atoms with Crippen molar-refractivity contribution in [2.24, 2.45) is 0 Å². The average Bonchev–Trinajstić information content (AvgIpc) is 3.22. The highest BCUT2D eigenvalue weighted by molar-refractivity contribution is 7.13. The number of aromatic nitrogens is 4. The van der Waals surface area contributed by atoms with Gasteiger partial charge in [-0.05, 0) is 18.9 Å². The second kappa shape index (κ2) is 8.84. The predicted molar refractivity (Wildman–Crippen MR) is 111 cm³/mol. The van der Waals surface area contributed by atoms with Gasteiger partial charge < -0.3 is 9.88 Å². The minimum Gasteiger partial charge on any atom is -0.355 e. The molecule has 1 aliphatic heterocycles. The molecule has 28 heavy (non-hydrogen) atoms. The highest BCUT2D eigenvalue weighted by Crippen LogP contribution is 2.30. The number of benzene rings is 1. The van der Waals surface area contributed by atoms with Crippen molar-refractivity contribution >= 4 is 28.8 Å². The molecule has 0 saturated carbocycles. The maximum atomic E-state index is 12.3. The Morgan fingerprint density at radius 3 is 3.00 bits per heavy atom. The van der Waals surface area contributed by atoms with Gasteiger partial charge in [-0.15, -0.1) is 21.5 Å². The van der Waals surface area contributed by atoms with Crippen LogP contribution in [-0.4, -0.2) is 32.2 Å². The number of carbonyl (C=O) groups is 1. The summed E-state index contributed by atoms with van der Waals surface area (Å²) in [5.74, 6) is 2.01. The van der Waals surface area contributed by atoms with Crippen molar-refractivity contribution in [2.45, 2.75) is 45.1 Å². The maximum Gasteiger partial charge on any atom is 0.226 e. The van der Waals surface area contributed by atoms with E-state index in [0.29, 0.717) is 18.0 Å². The zero-order chi connectivity index (χ0) is 19.3. The molecule has 1 N–H and O–H groups in total. The molecule has 4 rings (SSSR count). The van der Waals surface area contributed by atoms with E-state index in [4.69, 9.17) is 11.6 Å². The molecule has 1 amide bonds. The molecule has 0 saturated heterocycles. The van der Waals surface area contributed by atoms with Crippen molar-refractivity contribution in [1.82, 2.24) is 25.1 Å². The summed E-state index contributed by atoms with van der Waals surface area (Å²) >= 11 is 7.73. The van der Waals surface area contributed by atoms with Crippen LogP contribution in [0.4, 0.5) is 0 Å². The van der Waals surface area contributed by atoms with Crippen LogP contribution in [0.3, 0.4) is 0 Å². The zero-order valence-corrected chi connectivity index (χ0v) is 17.1. The largest absolute Gasteiger partial charge is 0.355 e. The Hall–Kier alpha value is -2.25. The third-order valence-corrected chi connectivity index (χ3v) is 6.11. The van der Waals surface area contributed by atoms with Gasteiger partial charge in [-0.2, -0.15) is 0 Å². The predicted octanol–water partition coefficient (Wildman–Crippen LogP) is 3.68. The fourth-order valence-corrected chi connectivity index (χ4v) is 4.56. The van der Waals surface area contributed by atoms with Gasteiger partial charge in [-0.1, -0.05) is 36.2 Å². The third kappa shape index (κ3) is 4.42. The standard InChI is InChI=1S/C20H22ClN5OS/c21-16-7-4-3-6-15(16)20-23-14(13-28-20)12-19(27)22-10-9-18-25-24-17-8-2-1-5-11-26(17)18/h3-4,6-7,13H,1-2,5,8-12H2,(H,22,27). The molecule has 0 aliphatic carbocycles. The lowest BCUT2D eigenvalue weighted by atomic mass is 10.2. The molecule has 0 unspecified atom stereocenters. The van der Waals surface area contributed by atoms with Gasteiger partial charge in [0, 0.05) is 36.9 Å². The number of hydrogen-bond acceptors (Lipinski definition) is 5. The molecule has 0 spiro atoms. The summed E-state index contributed by atoms with van der Waals surface area (Å²) in [6, 6.07) is 7.60. The first-order valence-electron chi connectivity index (χ1n) is 9.57. The number of thiazole rings is 1. The molecule has 3 aromatic rings. The summed E-state index contributed by atoms with van der Waals surface area (Å²) in [5, 5.41) is 15.0. The summed E-state index contributed by atoms with van der Waals surface area (Å²) < 4.78 is 2.22. The van der Waals surface area contributed by atoms with Gasteiger partial charge in [0.25, 0.3) is 0 Å². The van der Waals surface area contributed by atoms with Gasteiger partial charge in [0.15, 0.2) is 0 Å². The normalized spacial score (nSPS) is 13.8. The molecule has 146 valence electrons. The average molecular weight is 416 g/mol. The van der Waals surface area contributed by atoms with E-state index < -0.39 is 0 Å². The van der Waals surface area contributed by atoms with Crippen LogP contribution in [0.2, 0.25) is 5.02 Å². The van der Waals surface area contributed by atoms with Crippen LogP contribution in [0.1, 0.15) is 36.6 Å². The maximum absolute atomic E-state index is 12.3. The van der Waals surface area contributed by atoms with Gasteiger partial charge >= 0.3 is 0 Å². The molecule has 6 nitrogen and oxygen atoms in total. The quantitative estimate of drug-likeness (QED) is 0.666. The third-order valence-electron chi connectivity index (χ3n) is 4.85. The Labute approximate surface area is 173 Å². The van der Waals surface area contributed by atoms with E-state index in [1.54, 1.807) is 0 Å². The summed E-state index contributed by atoms with van der Waals surface area (Å²) in [5.41, 5.74) is 1.65. The van der Waals surface area contributed by atoms with Crippen LogP contribution in [0.25, 0.3) is 10.6 Å². The Morgan fingerprint density at radius 1 is 1.21 bits per heavy atom. The lowest BCUT2D eigenvalue weighted by Crippen LogP contribution is -2.28. The molecule has 0 bridgehead atoms. The second-order valence-corrected chi connectivity index (χ2v) is 8.16. The van der Waals surface area contributed by atoms with Crippen molar-refractivity contribution in [1.29, 1.82) is 0 Å². The minimum absolute atomic E-state index is 0.0355. The van der Waals surface area contributed by atoms with Crippen molar-refractivity contribution in [2.75, 3.05) is 6.54 Å². The number of fused-ring (bicyclic) bond motifs is 1. The molecule has 2 aromatic heterocycles. The molecule has 1 aliphatic rings. The van der Waals surface area contributed by atoms with E-state index in [0.717, 1.165) is 40.9 Å². The molecule has 0 atom stereocenters. The fourth-order valence-electron chi connectivity index (χ4n) is 3.42. The van der Waals surface area contributed by atoms with Crippen LogP contribution < -0.4 is 5.32 Å². The minimum atomic E-state index is -0.0355. The van der Waals surface area contributed by atoms with E-state index in [9.17, 15) is 4.79 Å². The summed E-state index contributed by atoms with van der Waals surface area (Å²) in [6.45, 7) is 1.54. The SMILES string of the molecule is O=C(Cc1csc(-c2ccccc2Cl)n1)NCCc1nnc2n1CCCCC2. The van der Waals surface area contributed by atoms with Gasteiger partial charge in [-0.3, -0.25) is 4.79 Å². The highest BCUT2D eigenvalue weighted by atomic mass is 35.5. The molecular formula is C20H22ClN5OS. The number of nitrogens with zero attached hydrogens (tertiary/aromatic N) is 4. The van der Waals surface area contributed by atoms with E-state index in [1.807, 2.05) is 29.6 Å². The monoisotopic (exact) mass is 415 g/mol. The van der Waals surface area contributed by atoms with Crippen molar-refractivity contribution in [3.05, 3.63) is 52.0 Å². The first-order chi connectivity index (χ1) is 13.7. The van der Waals surface area contributed by atoms with Crippen molar-refractivity contribution < 1.29 is 4.79 Å². The summed E-state index contributed by atoms with van der Waals surface area (Å²) in [4.78, 5) is 16.8. The number of halogens is 1. The van der Waals surface area contributed by atoms with E-state index in [2.05, 4.69) is 25.1 Å². The number of amides is 1. The number of aryl methyl sites for hydroxylation is 1. The van der Waals surface area contributed by atoms with Crippen LogP contribution in [0.15, 0.2) is 29.6 Å². The van der Waals surface area contributed by atoms with Gasteiger partial charge in [-0.25, -0.2) is 4.98 Å². The molecule has 0 fully saturated rings. The first kappa shape index (κ1) is 19.1. The molecule has 8 heteroatoms. The van der Waals surface area contributed by atoms with E-state index in [1.165, 1.54) is 30.6 Å².